The molecule has 1 aliphatic rings. The maximum Gasteiger partial charge on any atom is 0.255 e. The summed E-state index contributed by atoms with van der Waals surface area (Å²) in [5, 5.41) is 9.58. The molecule has 0 aliphatic carbocycles. The normalized spacial score (nSPS) is 28.5. The Morgan fingerprint density at radius 3 is 2.70 bits per heavy atom. The van der Waals surface area contributed by atoms with Gasteiger partial charge in [-0.3, -0.25) is 4.79 Å². The van der Waals surface area contributed by atoms with E-state index < -0.39 is 11.7 Å². The lowest BCUT2D eigenvalue weighted by molar-refractivity contribution is -0.181. The van der Waals surface area contributed by atoms with Crippen LogP contribution >= 0.6 is 0 Å². The molecule has 1 saturated heterocycles. The van der Waals surface area contributed by atoms with Crippen LogP contribution in [0.5, 0.6) is 0 Å². The number of ether oxygens (including phenoxy) is 1. The van der Waals surface area contributed by atoms with Gasteiger partial charge in [0, 0.05) is 13.0 Å². The van der Waals surface area contributed by atoms with Gasteiger partial charge in [-0.15, -0.1) is 0 Å². The molecule has 4 heteroatoms. The molecule has 3 atom stereocenters. The van der Waals surface area contributed by atoms with Crippen molar-refractivity contribution in [3.63, 3.8) is 0 Å². The van der Waals surface area contributed by atoms with Crippen molar-refractivity contribution >= 4 is 5.91 Å². The number of aliphatic hydroxyl groups excluding tert-OH is 1. The third-order valence-corrected chi connectivity index (χ3v) is 3.77. The quantitative estimate of drug-likeness (QED) is 0.915. The van der Waals surface area contributed by atoms with Crippen molar-refractivity contribution in [2.24, 2.45) is 0 Å². The summed E-state index contributed by atoms with van der Waals surface area (Å²) in [5.41, 5.74) is 0.184. The first-order valence-corrected chi connectivity index (χ1v) is 7.09. The van der Waals surface area contributed by atoms with Crippen LogP contribution in [0.4, 0.5) is 0 Å². The number of benzene rings is 1. The molecule has 4 nitrogen and oxygen atoms in total. The molecule has 1 N–H and O–H groups in total. The summed E-state index contributed by atoms with van der Waals surface area (Å²) in [6.45, 7) is 6.53. The molecule has 1 fully saturated rings. The minimum Gasteiger partial charge on any atom is -0.393 e. The minimum atomic E-state index is -0.921. The third-order valence-electron chi connectivity index (χ3n) is 3.77. The van der Waals surface area contributed by atoms with Crippen LogP contribution in [0.15, 0.2) is 30.3 Å². The Balaban J connectivity index is 2.16. The van der Waals surface area contributed by atoms with Crippen LogP contribution in [0.3, 0.4) is 0 Å². The molecule has 0 radical (unpaired) electrons. The summed E-state index contributed by atoms with van der Waals surface area (Å²) >= 11 is 0. The Morgan fingerprint density at radius 1 is 1.45 bits per heavy atom. The number of hydrogen-bond acceptors (Lipinski definition) is 3. The van der Waals surface area contributed by atoms with Crippen LogP contribution in [0.1, 0.15) is 32.8 Å². The second-order valence-corrected chi connectivity index (χ2v) is 5.86. The van der Waals surface area contributed by atoms with E-state index in [1.54, 1.807) is 13.8 Å². The number of aliphatic hydroxyl groups is 1. The van der Waals surface area contributed by atoms with Crippen molar-refractivity contribution < 1.29 is 14.6 Å². The van der Waals surface area contributed by atoms with E-state index in [1.165, 1.54) is 0 Å². The zero-order valence-corrected chi connectivity index (χ0v) is 12.4. The molecular weight excluding hydrogens is 254 g/mol. The monoisotopic (exact) mass is 277 g/mol. The highest BCUT2D eigenvalue weighted by Crippen LogP contribution is 2.28. The molecule has 1 heterocycles. The van der Waals surface area contributed by atoms with E-state index in [2.05, 4.69) is 0 Å². The van der Waals surface area contributed by atoms with Gasteiger partial charge in [0.15, 0.2) is 0 Å². The maximum absolute atomic E-state index is 12.7. The Kier molecular flexibility index (Phi) is 4.45. The Labute approximate surface area is 120 Å². The molecule has 0 aromatic heterocycles. The van der Waals surface area contributed by atoms with Crippen LogP contribution in [-0.2, 0) is 16.1 Å². The Bertz CT molecular complexity index is 460. The van der Waals surface area contributed by atoms with Crippen molar-refractivity contribution in [3.05, 3.63) is 35.9 Å². The largest absolute Gasteiger partial charge is 0.393 e. The van der Waals surface area contributed by atoms with E-state index in [0.29, 0.717) is 19.6 Å². The van der Waals surface area contributed by atoms with Gasteiger partial charge in [0.25, 0.3) is 5.91 Å². The van der Waals surface area contributed by atoms with Gasteiger partial charge >= 0.3 is 0 Å². The van der Waals surface area contributed by atoms with Crippen LogP contribution < -0.4 is 0 Å². The molecule has 20 heavy (non-hydrogen) atoms. The van der Waals surface area contributed by atoms with Crippen LogP contribution in [0.25, 0.3) is 0 Å². The predicted octanol–water partition coefficient (Wildman–Crippen LogP) is 1.96. The molecule has 1 aliphatic heterocycles. The molecule has 2 unspecified atom stereocenters. The summed E-state index contributed by atoms with van der Waals surface area (Å²) in [4.78, 5) is 14.5. The summed E-state index contributed by atoms with van der Waals surface area (Å²) in [7, 11) is 0. The highest BCUT2D eigenvalue weighted by atomic mass is 16.5. The zero-order valence-electron chi connectivity index (χ0n) is 12.4. The van der Waals surface area contributed by atoms with E-state index in [4.69, 9.17) is 4.74 Å². The summed E-state index contributed by atoms with van der Waals surface area (Å²) in [5.74, 6) is -0.0407. The average molecular weight is 277 g/mol. The number of hydrogen-bond donors (Lipinski definition) is 1. The van der Waals surface area contributed by atoms with Gasteiger partial charge in [-0.25, -0.2) is 0 Å². The van der Waals surface area contributed by atoms with E-state index in [9.17, 15) is 9.90 Å². The Hall–Kier alpha value is -1.39. The lowest BCUT2D eigenvalue weighted by Crippen LogP contribution is -2.59. The van der Waals surface area contributed by atoms with Gasteiger partial charge in [0.2, 0.25) is 0 Å². The number of carbonyl (C=O) groups is 1. The molecule has 0 saturated carbocycles. The number of carbonyl (C=O) groups excluding carboxylic acids is 1. The first kappa shape index (κ1) is 15.0. The van der Waals surface area contributed by atoms with E-state index in [1.807, 2.05) is 42.2 Å². The number of morpholine rings is 1. The van der Waals surface area contributed by atoms with Crippen LogP contribution in [0, 0.1) is 0 Å². The topological polar surface area (TPSA) is 49.8 Å². The number of rotatable bonds is 4. The molecule has 2 rings (SSSR count). The van der Waals surface area contributed by atoms with Crippen molar-refractivity contribution in [3.8, 4) is 0 Å². The van der Waals surface area contributed by atoms with E-state index in [-0.39, 0.29) is 11.9 Å². The van der Waals surface area contributed by atoms with Gasteiger partial charge in [0.1, 0.15) is 5.60 Å². The predicted molar refractivity (Wildman–Crippen MR) is 77.1 cm³/mol. The van der Waals surface area contributed by atoms with Gasteiger partial charge in [-0.05, 0) is 26.3 Å². The number of amides is 1. The van der Waals surface area contributed by atoms with Gasteiger partial charge < -0.3 is 14.7 Å². The second kappa shape index (κ2) is 5.94. The highest BCUT2D eigenvalue weighted by Gasteiger charge is 2.44. The molecule has 110 valence electrons. The smallest absolute Gasteiger partial charge is 0.255 e. The first-order valence-electron chi connectivity index (χ1n) is 7.09. The molecule has 0 spiro atoms. The molecular formula is C16H23NO3. The van der Waals surface area contributed by atoms with Gasteiger partial charge in [0.05, 0.1) is 18.8 Å². The van der Waals surface area contributed by atoms with Crippen molar-refractivity contribution in [2.75, 3.05) is 6.61 Å². The third kappa shape index (κ3) is 3.19. The summed E-state index contributed by atoms with van der Waals surface area (Å²) < 4.78 is 5.72. The lowest BCUT2D eigenvalue weighted by Gasteiger charge is -2.43. The van der Waals surface area contributed by atoms with Crippen molar-refractivity contribution in [1.82, 2.24) is 4.90 Å². The fraction of sp³-hybridized carbons (Fsp3) is 0.562. The molecule has 1 amide bonds. The molecule has 1 aromatic carbocycles. The highest BCUT2D eigenvalue weighted by molar-refractivity contribution is 5.85. The maximum atomic E-state index is 12.7. The number of nitrogens with zero attached hydrogens (tertiary/aromatic N) is 1. The minimum absolute atomic E-state index is 0.0407. The summed E-state index contributed by atoms with van der Waals surface area (Å²) in [6.07, 6.45) is -0.236. The fourth-order valence-corrected chi connectivity index (χ4v) is 2.68. The first-order chi connectivity index (χ1) is 9.42. The Morgan fingerprint density at radius 2 is 2.10 bits per heavy atom. The standard InChI is InChI=1S/C16H23NO3/c1-12-11-20-16(3,9-13(2)18)15(19)17(12)10-14-7-5-4-6-8-14/h4-8,12-13,18H,9-11H2,1-3H3/t12-,13?,16?/m1/s1. The van der Waals surface area contributed by atoms with Gasteiger partial charge in [-0.1, -0.05) is 30.3 Å². The van der Waals surface area contributed by atoms with Crippen molar-refractivity contribution in [1.29, 1.82) is 0 Å². The van der Waals surface area contributed by atoms with Crippen molar-refractivity contribution in [2.45, 2.75) is 51.5 Å². The lowest BCUT2D eigenvalue weighted by atomic mass is 9.94. The van der Waals surface area contributed by atoms with Crippen LogP contribution in [-0.4, -0.2) is 40.3 Å². The zero-order chi connectivity index (χ0) is 14.8. The van der Waals surface area contributed by atoms with E-state index in [0.717, 1.165) is 5.56 Å². The van der Waals surface area contributed by atoms with Gasteiger partial charge in [-0.2, -0.15) is 0 Å². The fourth-order valence-electron chi connectivity index (χ4n) is 2.68. The summed E-state index contributed by atoms with van der Waals surface area (Å²) in [6, 6.07) is 9.98. The SMILES string of the molecule is CC(O)CC1(C)OC[C@@H](C)N(Cc2ccccc2)C1=O. The molecule has 0 bridgehead atoms. The average Bonchev–Trinajstić information content (AvgIpc) is 2.40. The van der Waals surface area contributed by atoms with E-state index >= 15 is 0 Å². The second-order valence-electron chi connectivity index (χ2n) is 5.86. The molecule has 1 aromatic rings. The van der Waals surface area contributed by atoms with Crippen LogP contribution in [0.2, 0.25) is 0 Å².